The molecule has 5 nitrogen and oxygen atoms in total. The maximum atomic E-state index is 6.06. The van der Waals surface area contributed by atoms with Crippen LogP contribution in [0.1, 0.15) is 17.0 Å². The van der Waals surface area contributed by atoms with Crippen molar-refractivity contribution in [3.63, 3.8) is 0 Å². The summed E-state index contributed by atoms with van der Waals surface area (Å²) in [6.07, 6.45) is 0. The van der Waals surface area contributed by atoms with Crippen LogP contribution in [0.3, 0.4) is 0 Å². The largest absolute Gasteiger partial charge is 0.493 e. The Morgan fingerprint density at radius 1 is 0.962 bits per heavy atom. The number of likely N-dealkylation sites (tertiary alicyclic amines) is 1. The average Bonchev–Trinajstić information content (AvgIpc) is 3.10. The van der Waals surface area contributed by atoms with Gasteiger partial charge in [0.1, 0.15) is 0 Å². The van der Waals surface area contributed by atoms with Crippen molar-refractivity contribution in [3.8, 4) is 17.2 Å². The first-order valence-corrected chi connectivity index (χ1v) is 8.96. The minimum absolute atomic E-state index is 0.472. The standard InChI is InChI=1S/C21H28N2O3/c1-24-19-9-15(10-20(25-2)21(19)26-3)12-23-13-17(11-22)18(14-23)16-7-5-4-6-8-16/h4-10,17-18H,11-14,22H2,1-3H3/t17-,18+/m1/s1. The van der Waals surface area contributed by atoms with Crippen LogP contribution in [0, 0.1) is 5.92 Å². The molecule has 2 aromatic rings. The van der Waals surface area contributed by atoms with Gasteiger partial charge in [0.05, 0.1) is 21.3 Å². The smallest absolute Gasteiger partial charge is 0.203 e. The number of methoxy groups -OCH3 is 3. The lowest BCUT2D eigenvalue weighted by Crippen LogP contribution is -2.23. The Morgan fingerprint density at radius 3 is 2.15 bits per heavy atom. The van der Waals surface area contributed by atoms with Gasteiger partial charge < -0.3 is 19.9 Å². The normalized spacial score (nSPS) is 20.2. The number of hydrogen-bond acceptors (Lipinski definition) is 5. The predicted molar refractivity (Wildman–Crippen MR) is 103 cm³/mol. The fourth-order valence-electron chi connectivity index (χ4n) is 3.89. The van der Waals surface area contributed by atoms with Crippen LogP contribution in [0.15, 0.2) is 42.5 Å². The van der Waals surface area contributed by atoms with Crippen LogP contribution in [0.4, 0.5) is 0 Å². The minimum atomic E-state index is 0.472. The van der Waals surface area contributed by atoms with Crippen molar-refractivity contribution >= 4 is 0 Å². The third-order valence-electron chi connectivity index (χ3n) is 5.18. The number of hydrogen-bond donors (Lipinski definition) is 1. The summed E-state index contributed by atoms with van der Waals surface area (Å²) in [4.78, 5) is 2.45. The van der Waals surface area contributed by atoms with Gasteiger partial charge >= 0.3 is 0 Å². The Morgan fingerprint density at radius 2 is 1.62 bits per heavy atom. The first-order chi connectivity index (χ1) is 12.7. The Labute approximate surface area is 155 Å². The summed E-state index contributed by atoms with van der Waals surface area (Å²) in [5.41, 5.74) is 8.58. The van der Waals surface area contributed by atoms with Crippen LogP contribution in [0.5, 0.6) is 17.2 Å². The van der Waals surface area contributed by atoms with Gasteiger partial charge in [-0.3, -0.25) is 4.90 Å². The molecule has 0 aromatic heterocycles. The third-order valence-corrected chi connectivity index (χ3v) is 5.18. The summed E-state index contributed by atoms with van der Waals surface area (Å²) >= 11 is 0. The van der Waals surface area contributed by atoms with Crippen LogP contribution in [0.2, 0.25) is 0 Å². The van der Waals surface area contributed by atoms with Gasteiger partial charge in [0, 0.05) is 25.6 Å². The lowest BCUT2D eigenvalue weighted by Gasteiger charge is -2.19. The number of rotatable bonds is 7. The topological polar surface area (TPSA) is 57.0 Å². The van der Waals surface area contributed by atoms with Crippen molar-refractivity contribution < 1.29 is 14.2 Å². The number of nitrogens with two attached hydrogens (primary N) is 1. The second-order valence-electron chi connectivity index (χ2n) is 6.74. The van der Waals surface area contributed by atoms with Crippen molar-refractivity contribution in [1.29, 1.82) is 0 Å². The second kappa shape index (κ2) is 8.43. The highest BCUT2D eigenvalue weighted by Crippen LogP contribution is 2.39. The van der Waals surface area contributed by atoms with Gasteiger partial charge in [-0.2, -0.15) is 0 Å². The van der Waals surface area contributed by atoms with Crippen LogP contribution >= 0.6 is 0 Å². The molecule has 2 aromatic carbocycles. The quantitative estimate of drug-likeness (QED) is 0.827. The van der Waals surface area contributed by atoms with Crippen molar-refractivity contribution in [3.05, 3.63) is 53.6 Å². The van der Waals surface area contributed by atoms with Crippen LogP contribution in [-0.4, -0.2) is 45.9 Å². The zero-order valence-corrected chi connectivity index (χ0v) is 15.8. The van der Waals surface area contributed by atoms with E-state index in [1.54, 1.807) is 21.3 Å². The first kappa shape index (κ1) is 18.5. The molecule has 0 saturated carbocycles. The van der Waals surface area contributed by atoms with Crippen molar-refractivity contribution in [2.24, 2.45) is 11.7 Å². The maximum Gasteiger partial charge on any atom is 0.203 e. The highest BCUT2D eigenvalue weighted by atomic mass is 16.5. The Hall–Kier alpha value is -2.24. The molecule has 0 amide bonds. The second-order valence-corrected chi connectivity index (χ2v) is 6.74. The van der Waals surface area contributed by atoms with Gasteiger partial charge in [-0.15, -0.1) is 0 Å². The van der Waals surface area contributed by atoms with E-state index >= 15 is 0 Å². The third kappa shape index (κ3) is 3.79. The molecule has 0 radical (unpaired) electrons. The molecular formula is C21H28N2O3. The number of ether oxygens (including phenoxy) is 3. The molecule has 1 heterocycles. The van der Waals surface area contributed by atoms with E-state index in [9.17, 15) is 0 Å². The summed E-state index contributed by atoms with van der Waals surface area (Å²) < 4.78 is 16.4. The summed E-state index contributed by atoms with van der Waals surface area (Å²) in [6.45, 7) is 3.52. The predicted octanol–water partition coefficient (Wildman–Crippen LogP) is 2.89. The van der Waals surface area contributed by atoms with Crippen LogP contribution in [-0.2, 0) is 6.54 Å². The van der Waals surface area contributed by atoms with Crippen LogP contribution in [0.25, 0.3) is 0 Å². The molecule has 1 saturated heterocycles. The molecule has 2 atom stereocenters. The summed E-state index contributed by atoms with van der Waals surface area (Å²) in [7, 11) is 4.91. The van der Waals surface area contributed by atoms with Crippen molar-refractivity contribution in [1.82, 2.24) is 4.90 Å². The van der Waals surface area contributed by atoms with Gasteiger partial charge in [-0.1, -0.05) is 30.3 Å². The van der Waals surface area contributed by atoms with E-state index in [1.807, 2.05) is 12.1 Å². The highest BCUT2D eigenvalue weighted by Gasteiger charge is 2.32. The minimum Gasteiger partial charge on any atom is -0.493 e. The molecule has 1 fully saturated rings. The lowest BCUT2D eigenvalue weighted by atomic mass is 9.89. The molecule has 26 heavy (non-hydrogen) atoms. The zero-order chi connectivity index (χ0) is 18.5. The van der Waals surface area contributed by atoms with E-state index < -0.39 is 0 Å². The fraction of sp³-hybridized carbons (Fsp3) is 0.429. The highest BCUT2D eigenvalue weighted by molar-refractivity contribution is 5.53. The Kier molecular flexibility index (Phi) is 6.01. The molecule has 3 rings (SSSR count). The number of nitrogens with zero attached hydrogens (tertiary/aromatic N) is 1. The van der Waals surface area contributed by atoms with E-state index in [2.05, 4.69) is 35.2 Å². The summed E-state index contributed by atoms with van der Waals surface area (Å²) in [6, 6.07) is 14.7. The Bertz CT molecular complexity index is 695. The van der Waals surface area contributed by atoms with Crippen LogP contribution < -0.4 is 19.9 Å². The van der Waals surface area contributed by atoms with E-state index in [0.717, 1.165) is 25.2 Å². The van der Waals surface area contributed by atoms with Gasteiger partial charge in [0.25, 0.3) is 0 Å². The van der Waals surface area contributed by atoms with E-state index in [0.29, 0.717) is 35.6 Å². The zero-order valence-electron chi connectivity index (χ0n) is 15.8. The SMILES string of the molecule is COc1cc(CN2C[C@@H](CN)[C@H](c3ccccc3)C2)cc(OC)c1OC. The van der Waals surface area contributed by atoms with Gasteiger partial charge in [0.15, 0.2) is 11.5 Å². The van der Waals surface area contributed by atoms with E-state index in [1.165, 1.54) is 5.56 Å². The van der Waals surface area contributed by atoms with Crippen molar-refractivity contribution in [2.45, 2.75) is 12.5 Å². The van der Waals surface area contributed by atoms with E-state index in [-0.39, 0.29) is 0 Å². The maximum absolute atomic E-state index is 6.06. The summed E-state index contributed by atoms with van der Waals surface area (Å²) in [5, 5.41) is 0. The molecule has 0 aliphatic carbocycles. The molecule has 0 unspecified atom stereocenters. The fourth-order valence-corrected chi connectivity index (χ4v) is 3.89. The number of benzene rings is 2. The molecule has 140 valence electrons. The molecule has 1 aliphatic rings. The van der Waals surface area contributed by atoms with E-state index in [4.69, 9.17) is 19.9 Å². The monoisotopic (exact) mass is 356 g/mol. The average molecular weight is 356 g/mol. The molecule has 0 spiro atoms. The summed E-state index contributed by atoms with van der Waals surface area (Å²) in [5.74, 6) is 2.96. The lowest BCUT2D eigenvalue weighted by molar-refractivity contribution is 0.307. The first-order valence-electron chi connectivity index (χ1n) is 8.96. The molecule has 0 bridgehead atoms. The molecular weight excluding hydrogens is 328 g/mol. The molecule has 5 heteroatoms. The van der Waals surface area contributed by atoms with Crippen molar-refractivity contribution in [2.75, 3.05) is 41.0 Å². The molecule has 1 aliphatic heterocycles. The van der Waals surface area contributed by atoms with Gasteiger partial charge in [-0.25, -0.2) is 0 Å². The Balaban J connectivity index is 1.79. The van der Waals surface area contributed by atoms with Gasteiger partial charge in [0.2, 0.25) is 5.75 Å². The van der Waals surface area contributed by atoms with Gasteiger partial charge in [-0.05, 0) is 35.7 Å². The molecule has 2 N–H and O–H groups in total.